The summed E-state index contributed by atoms with van der Waals surface area (Å²) < 4.78 is 41.4. The zero-order valence-corrected chi connectivity index (χ0v) is 16.5. The van der Waals surface area contributed by atoms with E-state index in [0.29, 0.717) is 16.7 Å². The second-order valence-electron chi connectivity index (χ2n) is 7.23. The number of carbonyl (C=O) groups is 1. The zero-order chi connectivity index (χ0) is 22.9. The molecular weight excluding hydrogens is 417 g/mol. The summed E-state index contributed by atoms with van der Waals surface area (Å²) in [5, 5.41) is 20.2. The Hall–Kier alpha value is -4.07. The number of anilines is 1. The van der Waals surface area contributed by atoms with Crippen molar-refractivity contribution in [2.45, 2.75) is 18.3 Å². The molecule has 0 radical (unpaired) electrons. The Kier molecular flexibility index (Phi) is 5.22. The van der Waals surface area contributed by atoms with Crippen LogP contribution in [0, 0.1) is 23.2 Å². The first-order valence-electron chi connectivity index (χ1n) is 9.56. The highest BCUT2D eigenvalue weighted by Gasteiger charge is 2.52. The van der Waals surface area contributed by atoms with Crippen molar-refractivity contribution in [1.82, 2.24) is 0 Å². The van der Waals surface area contributed by atoms with E-state index in [2.05, 4.69) is 11.8 Å². The van der Waals surface area contributed by atoms with E-state index >= 15 is 0 Å². The third-order valence-corrected chi connectivity index (χ3v) is 5.14. The molecule has 1 atom stereocenters. The van der Waals surface area contributed by atoms with Gasteiger partial charge in [0.1, 0.15) is 0 Å². The third-order valence-electron chi connectivity index (χ3n) is 5.14. The van der Waals surface area contributed by atoms with Gasteiger partial charge in [0.2, 0.25) is 5.60 Å². The number of amides is 1. The molecule has 3 aromatic rings. The molecular formula is C25H15F3N2O2. The molecule has 0 spiro atoms. The van der Waals surface area contributed by atoms with E-state index in [1.54, 1.807) is 42.5 Å². The Morgan fingerprint density at radius 2 is 1.62 bits per heavy atom. The van der Waals surface area contributed by atoms with Crippen LogP contribution in [0.1, 0.15) is 27.8 Å². The van der Waals surface area contributed by atoms with Gasteiger partial charge < -0.3 is 10.0 Å². The molecule has 1 amide bonds. The van der Waals surface area contributed by atoms with Crippen molar-refractivity contribution < 1.29 is 23.1 Å². The third kappa shape index (κ3) is 3.71. The van der Waals surface area contributed by atoms with Crippen LogP contribution in [0.5, 0.6) is 0 Å². The Labute approximate surface area is 182 Å². The van der Waals surface area contributed by atoms with Gasteiger partial charge in [-0.15, -0.1) is 0 Å². The highest BCUT2D eigenvalue weighted by molar-refractivity contribution is 6.09. The van der Waals surface area contributed by atoms with E-state index in [0.717, 1.165) is 17.0 Å². The van der Waals surface area contributed by atoms with Gasteiger partial charge in [0.05, 0.1) is 29.4 Å². The van der Waals surface area contributed by atoms with Crippen LogP contribution in [0.3, 0.4) is 0 Å². The van der Waals surface area contributed by atoms with Crippen LogP contribution in [0.25, 0.3) is 0 Å². The van der Waals surface area contributed by atoms with Gasteiger partial charge in [-0.05, 0) is 41.8 Å². The first-order chi connectivity index (χ1) is 15.2. The van der Waals surface area contributed by atoms with Crippen LogP contribution < -0.4 is 4.90 Å². The number of nitrogens with zero attached hydrogens (tertiary/aromatic N) is 2. The molecule has 1 aliphatic rings. The number of halogens is 3. The van der Waals surface area contributed by atoms with Crippen molar-refractivity contribution >= 4 is 11.6 Å². The fourth-order valence-electron chi connectivity index (χ4n) is 3.59. The number of hydrogen-bond donors (Lipinski definition) is 1. The zero-order valence-electron chi connectivity index (χ0n) is 16.5. The van der Waals surface area contributed by atoms with Gasteiger partial charge in [0.25, 0.3) is 5.91 Å². The molecule has 0 unspecified atom stereocenters. The van der Waals surface area contributed by atoms with Gasteiger partial charge >= 0.3 is 6.18 Å². The molecule has 158 valence electrons. The number of nitriles is 1. The maximum atomic E-state index is 13.8. The van der Waals surface area contributed by atoms with E-state index < -0.39 is 28.9 Å². The van der Waals surface area contributed by atoms with E-state index in [1.807, 2.05) is 6.07 Å². The molecule has 7 heteroatoms. The molecule has 3 aromatic carbocycles. The van der Waals surface area contributed by atoms with Crippen LogP contribution in [0.4, 0.5) is 18.9 Å². The molecule has 1 aliphatic heterocycles. The summed E-state index contributed by atoms with van der Waals surface area (Å²) in [6.07, 6.45) is -4.74. The Bertz CT molecular complexity index is 1280. The fraction of sp³-hybridized carbons (Fsp3) is 0.120. The molecule has 0 bridgehead atoms. The van der Waals surface area contributed by atoms with Crippen LogP contribution >= 0.6 is 0 Å². The predicted octanol–water partition coefficient (Wildman–Crippen LogP) is 4.36. The number of aliphatic hydroxyl groups is 1. The number of carbonyl (C=O) groups excluding carboxylic acids is 1. The minimum atomic E-state index is -4.74. The van der Waals surface area contributed by atoms with E-state index in [9.17, 15) is 23.1 Å². The Morgan fingerprint density at radius 1 is 0.938 bits per heavy atom. The van der Waals surface area contributed by atoms with Gasteiger partial charge in [-0.25, -0.2) is 0 Å². The van der Waals surface area contributed by atoms with Crippen molar-refractivity contribution in [1.29, 1.82) is 5.26 Å². The molecule has 0 saturated heterocycles. The Balaban J connectivity index is 1.85. The normalized spacial score (nSPS) is 17.3. The maximum absolute atomic E-state index is 13.8. The molecule has 0 aromatic heterocycles. The standard InChI is InChI=1S/C25H15F3N2O2/c26-25(27,28)21-8-4-7-20-22(21)30(16-19-11-9-18(15-29)10-12-19)23(31)24(20,32)14-13-17-5-2-1-3-6-17/h1-12,32H,16H2/t24-/m0/s1. The topological polar surface area (TPSA) is 64.3 Å². The summed E-state index contributed by atoms with van der Waals surface area (Å²) in [7, 11) is 0. The SMILES string of the molecule is N#Cc1ccc(CN2C(=O)[C@](O)(C#Cc3ccccc3)c3cccc(C(F)(F)F)c32)cc1. The fourth-order valence-corrected chi connectivity index (χ4v) is 3.59. The molecule has 0 saturated carbocycles. The average molecular weight is 432 g/mol. The lowest BCUT2D eigenvalue weighted by atomic mass is 9.94. The van der Waals surface area contributed by atoms with Gasteiger partial charge in [-0.2, -0.15) is 18.4 Å². The van der Waals surface area contributed by atoms with Gasteiger partial charge in [-0.1, -0.05) is 48.4 Å². The van der Waals surface area contributed by atoms with Crippen molar-refractivity contribution in [3.63, 3.8) is 0 Å². The largest absolute Gasteiger partial charge is 0.418 e. The molecule has 32 heavy (non-hydrogen) atoms. The molecule has 1 heterocycles. The van der Waals surface area contributed by atoms with E-state index in [-0.39, 0.29) is 12.1 Å². The smallest absolute Gasteiger partial charge is 0.366 e. The van der Waals surface area contributed by atoms with Crippen molar-refractivity contribution in [2.24, 2.45) is 0 Å². The summed E-state index contributed by atoms with van der Waals surface area (Å²) in [5.74, 6) is 4.23. The summed E-state index contributed by atoms with van der Waals surface area (Å²) in [6, 6.07) is 19.9. The van der Waals surface area contributed by atoms with Gasteiger partial charge in [-0.3, -0.25) is 4.79 Å². The van der Waals surface area contributed by atoms with Crippen LogP contribution in [0.15, 0.2) is 72.8 Å². The summed E-state index contributed by atoms with van der Waals surface area (Å²) in [6.45, 7) is -0.222. The highest BCUT2D eigenvalue weighted by Crippen LogP contribution is 2.47. The maximum Gasteiger partial charge on any atom is 0.418 e. The van der Waals surface area contributed by atoms with E-state index in [1.165, 1.54) is 18.2 Å². The minimum absolute atomic E-state index is 0.214. The second kappa shape index (κ2) is 7.88. The average Bonchev–Trinajstić information content (AvgIpc) is 3.00. The van der Waals surface area contributed by atoms with E-state index in [4.69, 9.17) is 5.26 Å². The summed E-state index contributed by atoms with van der Waals surface area (Å²) >= 11 is 0. The molecule has 0 aliphatic carbocycles. The quantitative estimate of drug-likeness (QED) is 0.612. The number of benzene rings is 3. The van der Waals surface area contributed by atoms with Crippen molar-refractivity contribution in [3.05, 3.63) is 101 Å². The first kappa shape index (κ1) is 21.2. The highest BCUT2D eigenvalue weighted by atomic mass is 19.4. The van der Waals surface area contributed by atoms with Crippen LogP contribution in [-0.2, 0) is 23.1 Å². The monoisotopic (exact) mass is 432 g/mol. The summed E-state index contributed by atoms with van der Waals surface area (Å²) in [4.78, 5) is 14.2. The minimum Gasteiger partial charge on any atom is -0.366 e. The number of para-hydroxylation sites is 1. The molecule has 0 fully saturated rings. The van der Waals surface area contributed by atoms with Gasteiger partial charge in [0, 0.05) is 11.1 Å². The van der Waals surface area contributed by atoms with Crippen LogP contribution in [0.2, 0.25) is 0 Å². The number of rotatable bonds is 2. The second-order valence-corrected chi connectivity index (χ2v) is 7.23. The lowest BCUT2D eigenvalue weighted by Gasteiger charge is -2.21. The first-order valence-corrected chi connectivity index (χ1v) is 9.56. The number of fused-ring (bicyclic) bond motifs is 1. The molecule has 4 rings (SSSR count). The van der Waals surface area contributed by atoms with Crippen molar-refractivity contribution in [2.75, 3.05) is 4.90 Å². The number of alkyl halides is 3. The lowest BCUT2D eigenvalue weighted by Crippen LogP contribution is -2.39. The van der Waals surface area contributed by atoms with Crippen molar-refractivity contribution in [3.8, 4) is 17.9 Å². The van der Waals surface area contributed by atoms with Gasteiger partial charge in [0.15, 0.2) is 0 Å². The molecule has 4 nitrogen and oxygen atoms in total. The molecule has 1 N–H and O–H groups in total. The number of hydrogen-bond acceptors (Lipinski definition) is 3. The van der Waals surface area contributed by atoms with Crippen LogP contribution in [-0.4, -0.2) is 11.0 Å². The Morgan fingerprint density at radius 3 is 2.25 bits per heavy atom. The predicted molar refractivity (Wildman–Crippen MR) is 111 cm³/mol. The lowest BCUT2D eigenvalue weighted by molar-refractivity contribution is -0.137. The summed E-state index contributed by atoms with van der Waals surface area (Å²) in [5.41, 5.74) is -2.71.